The van der Waals surface area contributed by atoms with Crippen LogP contribution < -0.4 is 0 Å². The number of benzene rings is 1. The topological polar surface area (TPSA) is 38.7 Å². The summed E-state index contributed by atoms with van der Waals surface area (Å²) in [6, 6.07) is 9.63. The van der Waals surface area contributed by atoms with E-state index in [2.05, 4.69) is 30.9 Å². The first-order chi connectivity index (χ1) is 9.15. The van der Waals surface area contributed by atoms with Gasteiger partial charge in [0.15, 0.2) is 5.82 Å². The largest absolute Gasteiger partial charge is 0.256 e. The molecule has 0 saturated carbocycles. The van der Waals surface area contributed by atoms with Gasteiger partial charge in [0.2, 0.25) is 0 Å². The van der Waals surface area contributed by atoms with Crippen LogP contribution in [0, 0.1) is 0 Å². The van der Waals surface area contributed by atoms with Gasteiger partial charge in [-0.3, -0.25) is 4.98 Å². The third-order valence-electron chi connectivity index (χ3n) is 2.63. The normalized spacial score (nSPS) is 10.9. The smallest absolute Gasteiger partial charge is 0.162 e. The van der Waals surface area contributed by atoms with Crippen LogP contribution in [-0.2, 0) is 0 Å². The summed E-state index contributed by atoms with van der Waals surface area (Å²) in [6.07, 6.45) is 1.76. The van der Waals surface area contributed by atoms with Crippen LogP contribution in [0.5, 0.6) is 0 Å². The van der Waals surface area contributed by atoms with E-state index >= 15 is 0 Å². The first-order valence-electron chi connectivity index (χ1n) is 5.39. The van der Waals surface area contributed by atoms with Crippen LogP contribution in [0.15, 0.2) is 41.0 Å². The van der Waals surface area contributed by atoms with Gasteiger partial charge < -0.3 is 0 Å². The predicted octanol–water partition coefficient (Wildman–Crippen LogP) is 4.76. The predicted molar refractivity (Wildman–Crippen MR) is 80.5 cm³/mol. The molecule has 0 amide bonds. The molecule has 0 unspecified atom stereocenters. The Bertz CT molecular complexity index is 754. The van der Waals surface area contributed by atoms with Crippen LogP contribution in [0.4, 0.5) is 0 Å². The molecule has 3 aromatic rings. The van der Waals surface area contributed by atoms with E-state index in [0.717, 1.165) is 16.5 Å². The average Bonchev–Trinajstić information content (AvgIpc) is 2.43. The Kier molecular flexibility index (Phi) is 3.39. The van der Waals surface area contributed by atoms with Gasteiger partial charge in [0, 0.05) is 17.1 Å². The number of aromatic nitrogens is 3. The Balaban J connectivity index is 2.19. The Morgan fingerprint density at radius 2 is 1.74 bits per heavy atom. The summed E-state index contributed by atoms with van der Waals surface area (Å²) < 4.78 is 0.502. The molecule has 3 nitrogen and oxygen atoms in total. The van der Waals surface area contributed by atoms with Gasteiger partial charge in [0.05, 0.1) is 9.99 Å². The van der Waals surface area contributed by atoms with Crippen LogP contribution in [0.3, 0.4) is 0 Å². The molecular formula is C13H6BrCl2N3. The fourth-order valence-electron chi connectivity index (χ4n) is 1.74. The highest BCUT2D eigenvalue weighted by atomic mass is 79.9. The second-order valence-electron chi connectivity index (χ2n) is 3.85. The van der Waals surface area contributed by atoms with Crippen molar-refractivity contribution in [1.82, 2.24) is 15.0 Å². The van der Waals surface area contributed by atoms with Crippen molar-refractivity contribution in [3.05, 3.63) is 51.3 Å². The summed E-state index contributed by atoms with van der Waals surface area (Å²) in [5, 5.41) is 1.60. The van der Waals surface area contributed by atoms with Crippen LogP contribution in [0.1, 0.15) is 0 Å². The molecular weight excluding hydrogens is 349 g/mol. The highest BCUT2D eigenvalue weighted by molar-refractivity contribution is 9.10. The zero-order chi connectivity index (χ0) is 13.4. The Morgan fingerprint density at radius 1 is 1.00 bits per heavy atom. The van der Waals surface area contributed by atoms with Crippen molar-refractivity contribution < 1.29 is 0 Å². The fourth-order valence-corrected chi connectivity index (χ4v) is 2.30. The minimum absolute atomic E-state index is 0.293. The molecule has 0 N–H and O–H groups in total. The number of fused-ring (bicyclic) bond motifs is 1. The van der Waals surface area contributed by atoms with Crippen LogP contribution in [0.25, 0.3) is 22.3 Å². The van der Waals surface area contributed by atoms with Gasteiger partial charge in [0.1, 0.15) is 10.3 Å². The maximum absolute atomic E-state index is 5.99. The van der Waals surface area contributed by atoms with Crippen molar-refractivity contribution in [2.75, 3.05) is 0 Å². The van der Waals surface area contributed by atoms with Gasteiger partial charge >= 0.3 is 0 Å². The van der Waals surface area contributed by atoms with E-state index in [-0.39, 0.29) is 0 Å². The van der Waals surface area contributed by atoms with Crippen molar-refractivity contribution in [1.29, 1.82) is 0 Å². The molecule has 19 heavy (non-hydrogen) atoms. The fraction of sp³-hybridized carbons (Fsp3) is 0. The highest BCUT2D eigenvalue weighted by Gasteiger charge is 2.10. The molecule has 0 aliphatic rings. The van der Waals surface area contributed by atoms with E-state index in [1.54, 1.807) is 6.20 Å². The van der Waals surface area contributed by atoms with Gasteiger partial charge in [0.25, 0.3) is 0 Å². The van der Waals surface area contributed by atoms with Gasteiger partial charge in [-0.15, -0.1) is 0 Å². The number of halogens is 3. The molecule has 0 bridgehead atoms. The quantitative estimate of drug-likeness (QED) is 0.591. The van der Waals surface area contributed by atoms with Gasteiger partial charge in [-0.1, -0.05) is 29.3 Å². The monoisotopic (exact) mass is 353 g/mol. The average molecular weight is 355 g/mol. The first-order valence-corrected chi connectivity index (χ1v) is 6.94. The van der Waals surface area contributed by atoms with Crippen LogP contribution in [-0.4, -0.2) is 15.0 Å². The molecule has 2 aromatic heterocycles. The van der Waals surface area contributed by atoms with Crippen molar-refractivity contribution in [3.63, 3.8) is 0 Å². The minimum Gasteiger partial charge on any atom is -0.256 e. The lowest BCUT2D eigenvalue weighted by Crippen LogP contribution is -1.92. The molecule has 2 heterocycles. The molecule has 0 radical (unpaired) electrons. The lowest BCUT2D eigenvalue weighted by Gasteiger charge is -2.05. The lowest BCUT2D eigenvalue weighted by molar-refractivity contribution is 1.16. The summed E-state index contributed by atoms with van der Waals surface area (Å²) in [6.45, 7) is 0. The number of nitrogens with zero attached hydrogens (tertiary/aromatic N) is 3. The molecule has 0 aliphatic heterocycles. The van der Waals surface area contributed by atoms with Crippen molar-refractivity contribution in [2.24, 2.45) is 0 Å². The van der Waals surface area contributed by atoms with Gasteiger partial charge in [-0.25, -0.2) is 9.97 Å². The summed E-state index contributed by atoms with van der Waals surface area (Å²) in [5.74, 6) is 0.490. The second kappa shape index (κ2) is 5.04. The molecule has 0 spiro atoms. The zero-order valence-corrected chi connectivity index (χ0v) is 12.5. The van der Waals surface area contributed by atoms with Crippen LogP contribution in [0.2, 0.25) is 10.3 Å². The second-order valence-corrected chi connectivity index (χ2v) is 5.36. The summed E-state index contributed by atoms with van der Waals surface area (Å²) in [4.78, 5) is 12.7. The van der Waals surface area contributed by atoms with Crippen LogP contribution >= 0.6 is 39.1 Å². The Hall–Kier alpha value is -1.23. The molecule has 3 rings (SSSR count). The number of rotatable bonds is 1. The Morgan fingerprint density at radius 3 is 2.47 bits per heavy atom. The molecule has 6 heteroatoms. The maximum atomic E-state index is 5.99. The molecule has 0 atom stereocenters. The summed E-state index contributed by atoms with van der Waals surface area (Å²) in [5.41, 5.74) is 1.76. The number of hydrogen-bond acceptors (Lipinski definition) is 3. The SMILES string of the molecule is Clc1nc(-c2ccc3ncccc3c2)nc(Cl)c1Br. The van der Waals surface area contributed by atoms with E-state index in [1.165, 1.54) is 0 Å². The zero-order valence-electron chi connectivity index (χ0n) is 9.44. The molecule has 0 aliphatic carbocycles. The van der Waals surface area contributed by atoms with E-state index in [0.29, 0.717) is 20.6 Å². The molecule has 0 fully saturated rings. The van der Waals surface area contributed by atoms with E-state index in [1.807, 2.05) is 30.3 Å². The standard InChI is InChI=1S/C13H6BrCl2N3/c14-10-11(15)18-13(19-12(10)16)8-3-4-9-7(6-8)2-1-5-17-9/h1-6H. The van der Waals surface area contributed by atoms with Crippen molar-refractivity contribution in [3.8, 4) is 11.4 Å². The van der Waals surface area contributed by atoms with Gasteiger partial charge in [-0.05, 0) is 40.2 Å². The molecule has 1 aromatic carbocycles. The van der Waals surface area contributed by atoms with Crippen molar-refractivity contribution >= 4 is 50.0 Å². The Labute approximate surface area is 127 Å². The van der Waals surface area contributed by atoms with E-state index in [9.17, 15) is 0 Å². The lowest BCUT2D eigenvalue weighted by atomic mass is 10.1. The maximum Gasteiger partial charge on any atom is 0.162 e. The summed E-state index contributed by atoms with van der Waals surface area (Å²) >= 11 is 15.2. The molecule has 94 valence electrons. The minimum atomic E-state index is 0.293. The number of hydrogen-bond donors (Lipinski definition) is 0. The van der Waals surface area contributed by atoms with Crippen molar-refractivity contribution in [2.45, 2.75) is 0 Å². The third kappa shape index (κ3) is 2.43. The van der Waals surface area contributed by atoms with E-state index < -0.39 is 0 Å². The number of pyridine rings is 1. The van der Waals surface area contributed by atoms with Gasteiger partial charge in [-0.2, -0.15) is 0 Å². The third-order valence-corrected chi connectivity index (χ3v) is 4.39. The highest BCUT2D eigenvalue weighted by Crippen LogP contribution is 2.30. The van der Waals surface area contributed by atoms with E-state index in [4.69, 9.17) is 23.2 Å². The summed E-state index contributed by atoms with van der Waals surface area (Å²) in [7, 11) is 0. The first kappa shape index (κ1) is 12.8. The molecule has 0 saturated heterocycles.